The smallest absolute Gasteiger partial charge is 0.0110 e. The van der Waals surface area contributed by atoms with Gasteiger partial charge in [0.25, 0.3) is 0 Å². The third kappa shape index (κ3) is 2.52. The van der Waals surface area contributed by atoms with Crippen molar-refractivity contribution in [1.29, 1.82) is 0 Å². The lowest BCUT2D eigenvalue weighted by Gasteiger charge is -2.13. The second kappa shape index (κ2) is 4.98. The molecule has 0 heteroatoms. The first kappa shape index (κ1) is 12.5. The van der Waals surface area contributed by atoms with Gasteiger partial charge in [0.15, 0.2) is 0 Å². The molecule has 1 rings (SSSR count). The van der Waals surface area contributed by atoms with Crippen LogP contribution in [0.1, 0.15) is 37.5 Å². The summed E-state index contributed by atoms with van der Waals surface area (Å²) in [5.74, 6) is 0. The molecule has 0 spiro atoms. The van der Waals surface area contributed by atoms with E-state index in [1.54, 1.807) is 0 Å². The zero-order chi connectivity index (χ0) is 12.3. The van der Waals surface area contributed by atoms with E-state index in [1.807, 2.05) is 13.0 Å². The summed E-state index contributed by atoms with van der Waals surface area (Å²) < 4.78 is 0. The Balaban J connectivity index is 3.50. The molecule has 0 atom stereocenters. The monoisotopic (exact) mass is 212 g/mol. The maximum Gasteiger partial charge on any atom is -0.0110 e. The molecule has 0 N–H and O–H groups in total. The quantitative estimate of drug-likeness (QED) is 0.618. The summed E-state index contributed by atoms with van der Waals surface area (Å²) in [5, 5.41) is 0. The van der Waals surface area contributed by atoms with Crippen molar-refractivity contribution < 1.29 is 0 Å². The van der Waals surface area contributed by atoms with Crippen LogP contribution in [0.4, 0.5) is 0 Å². The zero-order valence-corrected chi connectivity index (χ0v) is 10.7. The molecule has 0 heterocycles. The first-order valence-corrected chi connectivity index (χ1v) is 5.54. The van der Waals surface area contributed by atoms with E-state index in [9.17, 15) is 0 Å². The van der Waals surface area contributed by atoms with Crippen molar-refractivity contribution in [3.8, 4) is 0 Å². The Morgan fingerprint density at radius 1 is 1.12 bits per heavy atom. The lowest BCUT2D eigenvalue weighted by molar-refractivity contribution is 1.36. The highest BCUT2D eigenvalue weighted by atomic mass is 14.1. The van der Waals surface area contributed by atoms with Gasteiger partial charge in [-0.1, -0.05) is 54.1 Å². The van der Waals surface area contributed by atoms with Crippen LogP contribution in [0, 0.1) is 6.92 Å². The van der Waals surface area contributed by atoms with Crippen molar-refractivity contribution >= 4 is 11.1 Å². The minimum Gasteiger partial charge on any atom is -0.0984 e. The van der Waals surface area contributed by atoms with Crippen LogP contribution in [0.3, 0.4) is 0 Å². The fourth-order valence-corrected chi connectivity index (χ4v) is 1.83. The van der Waals surface area contributed by atoms with Gasteiger partial charge in [-0.25, -0.2) is 0 Å². The van der Waals surface area contributed by atoms with Crippen molar-refractivity contribution in [3.63, 3.8) is 0 Å². The fourth-order valence-electron chi connectivity index (χ4n) is 1.83. The van der Waals surface area contributed by atoms with Gasteiger partial charge in [0.1, 0.15) is 0 Å². The predicted octanol–water partition coefficient (Wildman–Crippen LogP) is 5.01. The van der Waals surface area contributed by atoms with Gasteiger partial charge in [-0.3, -0.25) is 0 Å². The van der Waals surface area contributed by atoms with Crippen LogP contribution in [-0.2, 0) is 0 Å². The number of aryl methyl sites for hydroxylation is 1. The van der Waals surface area contributed by atoms with Crippen molar-refractivity contribution in [1.82, 2.24) is 0 Å². The Labute approximate surface area is 99.0 Å². The molecule has 0 radical (unpaired) electrons. The van der Waals surface area contributed by atoms with Gasteiger partial charge < -0.3 is 0 Å². The SMILES string of the molecule is C=CC(=C(C)C)c1ccc(C)cc1C(=C)C. The van der Waals surface area contributed by atoms with E-state index in [1.165, 1.54) is 27.8 Å². The summed E-state index contributed by atoms with van der Waals surface area (Å²) in [7, 11) is 0. The second-order valence-electron chi connectivity index (χ2n) is 4.45. The van der Waals surface area contributed by atoms with Crippen molar-refractivity contribution in [3.05, 3.63) is 59.7 Å². The molecule has 0 aliphatic carbocycles. The first-order valence-electron chi connectivity index (χ1n) is 5.54. The molecule has 1 aromatic rings. The average Bonchev–Trinajstić information content (AvgIpc) is 2.20. The molecule has 1 aromatic carbocycles. The van der Waals surface area contributed by atoms with Crippen LogP contribution in [0.5, 0.6) is 0 Å². The molecule has 0 aromatic heterocycles. The summed E-state index contributed by atoms with van der Waals surface area (Å²) >= 11 is 0. The average molecular weight is 212 g/mol. The van der Waals surface area contributed by atoms with Gasteiger partial charge in [0.05, 0.1) is 0 Å². The fraction of sp³-hybridized carbons (Fsp3) is 0.250. The molecule has 0 fully saturated rings. The molecule has 0 unspecified atom stereocenters. The lowest BCUT2D eigenvalue weighted by Crippen LogP contribution is -1.92. The van der Waals surface area contributed by atoms with Crippen molar-refractivity contribution in [2.45, 2.75) is 27.7 Å². The molecule has 0 aliphatic heterocycles. The summed E-state index contributed by atoms with van der Waals surface area (Å²) in [6.07, 6.45) is 1.92. The molecule has 0 bridgehead atoms. The minimum absolute atomic E-state index is 1.10. The summed E-state index contributed by atoms with van der Waals surface area (Å²) in [4.78, 5) is 0. The molecule has 0 nitrogen and oxygen atoms in total. The molecule has 0 saturated heterocycles. The van der Waals surface area contributed by atoms with Crippen molar-refractivity contribution in [2.75, 3.05) is 0 Å². The second-order valence-corrected chi connectivity index (χ2v) is 4.45. The van der Waals surface area contributed by atoms with E-state index < -0.39 is 0 Å². The minimum atomic E-state index is 1.10. The van der Waals surface area contributed by atoms with Gasteiger partial charge >= 0.3 is 0 Å². The topological polar surface area (TPSA) is 0 Å². The van der Waals surface area contributed by atoms with Crippen LogP contribution in [-0.4, -0.2) is 0 Å². The molecule has 0 aliphatic rings. The first-order chi connectivity index (χ1) is 7.47. The van der Waals surface area contributed by atoms with E-state index in [4.69, 9.17) is 0 Å². The Bertz CT molecular complexity index is 455. The summed E-state index contributed by atoms with van der Waals surface area (Å²) in [6.45, 7) is 16.3. The Morgan fingerprint density at radius 3 is 2.19 bits per heavy atom. The number of rotatable bonds is 3. The molecule has 16 heavy (non-hydrogen) atoms. The van der Waals surface area contributed by atoms with E-state index >= 15 is 0 Å². The maximum atomic E-state index is 4.05. The molecule has 0 saturated carbocycles. The number of hydrogen-bond donors (Lipinski definition) is 0. The molecule has 84 valence electrons. The summed E-state index contributed by atoms with van der Waals surface area (Å²) in [6, 6.07) is 6.47. The van der Waals surface area contributed by atoms with Crippen LogP contribution < -0.4 is 0 Å². The van der Waals surface area contributed by atoms with E-state index in [0.29, 0.717) is 0 Å². The van der Waals surface area contributed by atoms with E-state index in [0.717, 1.165) is 5.57 Å². The Morgan fingerprint density at radius 2 is 1.75 bits per heavy atom. The van der Waals surface area contributed by atoms with Gasteiger partial charge in [0.2, 0.25) is 0 Å². The highest BCUT2D eigenvalue weighted by Gasteiger charge is 2.07. The van der Waals surface area contributed by atoms with Gasteiger partial charge in [-0.05, 0) is 44.4 Å². The van der Waals surface area contributed by atoms with Crippen LogP contribution in [0.25, 0.3) is 11.1 Å². The molecular formula is C16H20. The predicted molar refractivity (Wildman–Crippen MR) is 74.4 cm³/mol. The maximum absolute atomic E-state index is 4.05. The van der Waals surface area contributed by atoms with Crippen LogP contribution in [0.2, 0.25) is 0 Å². The third-order valence-electron chi connectivity index (χ3n) is 2.67. The highest BCUT2D eigenvalue weighted by molar-refractivity contribution is 5.84. The van der Waals surface area contributed by atoms with Crippen LogP contribution in [0.15, 0.2) is 43.0 Å². The molecule has 0 amide bonds. The molecular weight excluding hydrogens is 192 g/mol. The number of hydrogen-bond acceptors (Lipinski definition) is 0. The Hall–Kier alpha value is -1.56. The van der Waals surface area contributed by atoms with E-state index in [-0.39, 0.29) is 0 Å². The standard InChI is InChI=1S/C16H20/c1-7-14(11(2)3)15-9-8-13(6)10-16(15)12(4)5/h7-10H,1,4H2,2-3,5-6H3. The van der Waals surface area contributed by atoms with Crippen molar-refractivity contribution in [2.24, 2.45) is 0 Å². The van der Waals surface area contributed by atoms with Crippen LogP contribution >= 0.6 is 0 Å². The number of benzene rings is 1. The third-order valence-corrected chi connectivity index (χ3v) is 2.67. The summed E-state index contributed by atoms with van der Waals surface area (Å²) in [5.41, 5.74) is 7.29. The normalized spacial score (nSPS) is 9.75. The number of allylic oxidation sites excluding steroid dienone is 4. The highest BCUT2D eigenvalue weighted by Crippen LogP contribution is 2.28. The van der Waals surface area contributed by atoms with Gasteiger partial charge in [0, 0.05) is 0 Å². The largest absolute Gasteiger partial charge is 0.0984 e. The van der Waals surface area contributed by atoms with Gasteiger partial charge in [-0.15, -0.1) is 0 Å². The lowest BCUT2D eigenvalue weighted by atomic mass is 9.92. The van der Waals surface area contributed by atoms with E-state index in [2.05, 4.69) is 52.1 Å². The zero-order valence-electron chi connectivity index (χ0n) is 10.7. The Kier molecular flexibility index (Phi) is 3.89. The van der Waals surface area contributed by atoms with Gasteiger partial charge in [-0.2, -0.15) is 0 Å².